The SMILES string of the molecule is CC.Cc1ccnc(OC(C)C)c1. The number of hydrogen-bond acceptors (Lipinski definition) is 2. The topological polar surface area (TPSA) is 22.1 Å². The lowest BCUT2D eigenvalue weighted by atomic mass is 10.3. The van der Waals surface area contributed by atoms with Crippen LogP contribution in [0.3, 0.4) is 0 Å². The van der Waals surface area contributed by atoms with E-state index in [1.165, 1.54) is 5.56 Å². The van der Waals surface area contributed by atoms with E-state index in [-0.39, 0.29) is 6.10 Å². The molecule has 0 aromatic carbocycles. The fourth-order valence-corrected chi connectivity index (χ4v) is 0.814. The molecule has 0 saturated heterocycles. The Morgan fingerprint density at radius 3 is 2.38 bits per heavy atom. The van der Waals surface area contributed by atoms with Crippen LogP contribution in [-0.4, -0.2) is 11.1 Å². The highest BCUT2D eigenvalue weighted by Gasteiger charge is 1.97. The molecule has 74 valence electrons. The van der Waals surface area contributed by atoms with Gasteiger partial charge in [0.1, 0.15) is 0 Å². The van der Waals surface area contributed by atoms with Gasteiger partial charge < -0.3 is 4.74 Å². The summed E-state index contributed by atoms with van der Waals surface area (Å²) >= 11 is 0. The summed E-state index contributed by atoms with van der Waals surface area (Å²) in [7, 11) is 0. The van der Waals surface area contributed by atoms with Gasteiger partial charge in [-0.1, -0.05) is 13.8 Å². The summed E-state index contributed by atoms with van der Waals surface area (Å²) < 4.78 is 5.38. The molecule has 13 heavy (non-hydrogen) atoms. The van der Waals surface area contributed by atoms with Crippen molar-refractivity contribution in [1.29, 1.82) is 0 Å². The van der Waals surface area contributed by atoms with E-state index < -0.39 is 0 Å². The molecule has 1 heterocycles. The zero-order valence-electron chi connectivity index (χ0n) is 9.16. The van der Waals surface area contributed by atoms with E-state index in [0.29, 0.717) is 5.88 Å². The molecule has 1 aromatic heterocycles. The Morgan fingerprint density at radius 1 is 1.31 bits per heavy atom. The van der Waals surface area contributed by atoms with E-state index in [2.05, 4.69) is 4.98 Å². The van der Waals surface area contributed by atoms with Crippen LogP contribution >= 0.6 is 0 Å². The van der Waals surface area contributed by atoms with Gasteiger partial charge in [-0.05, 0) is 32.4 Å². The van der Waals surface area contributed by atoms with Crippen LogP contribution in [0.4, 0.5) is 0 Å². The van der Waals surface area contributed by atoms with Gasteiger partial charge in [0.05, 0.1) is 6.10 Å². The maximum Gasteiger partial charge on any atom is 0.213 e. The molecule has 0 atom stereocenters. The van der Waals surface area contributed by atoms with Crippen molar-refractivity contribution in [3.05, 3.63) is 23.9 Å². The van der Waals surface area contributed by atoms with Crippen LogP contribution in [0.2, 0.25) is 0 Å². The molecule has 0 fully saturated rings. The van der Waals surface area contributed by atoms with Gasteiger partial charge in [0.25, 0.3) is 0 Å². The van der Waals surface area contributed by atoms with Crippen molar-refractivity contribution < 1.29 is 4.74 Å². The van der Waals surface area contributed by atoms with Crippen LogP contribution in [0.5, 0.6) is 5.88 Å². The second-order valence-electron chi connectivity index (χ2n) is 2.84. The highest BCUT2D eigenvalue weighted by molar-refractivity contribution is 5.18. The van der Waals surface area contributed by atoms with Gasteiger partial charge >= 0.3 is 0 Å². The maximum absolute atomic E-state index is 5.38. The molecule has 0 spiro atoms. The number of hydrogen-bond donors (Lipinski definition) is 0. The smallest absolute Gasteiger partial charge is 0.213 e. The molecule has 0 aliphatic carbocycles. The van der Waals surface area contributed by atoms with Crippen molar-refractivity contribution in [1.82, 2.24) is 4.98 Å². The van der Waals surface area contributed by atoms with Crippen molar-refractivity contribution in [3.8, 4) is 5.88 Å². The molecule has 2 heteroatoms. The van der Waals surface area contributed by atoms with Gasteiger partial charge in [-0.3, -0.25) is 0 Å². The largest absolute Gasteiger partial charge is 0.475 e. The Kier molecular flexibility index (Phi) is 5.94. The molecule has 0 radical (unpaired) electrons. The van der Waals surface area contributed by atoms with Crippen LogP contribution in [0.15, 0.2) is 18.3 Å². The number of nitrogens with zero attached hydrogens (tertiary/aromatic N) is 1. The number of pyridine rings is 1. The van der Waals surface area contributed by atoms with E-state index in [9.17, 15) is 0 Å². The highest BCUT2D eigenvalue weighted by Crippen LogP contribution is 2.09. The monoisotopic (exact) mass is 181 g/mol. The van der Waals surface area contributed by atoms with Crippen LogP contribution in [-0.2, 0) is 0 Å². The molecular formula is C11H19NO. The molecule has 0 saturated carbocycles. The third-order valence-electron chi connectivity index (χ3n) is 1.25. The molecule has 0 bridgehead atoms. The Labute approximate surface area is 81.0 Å². The Hall–Kier alpha value is -1.05. The predicted molar refractivity (Wildman–Crippen MR) is 56.1 cm³/mol. The summed E-state index contributed by atoms with van der Waals surface area (Å²) in [5.74, 6) is 0.708. The normalized spacial score (nSPS) is 9.08. The summed E-state index contributed by atoms with van der Waals surface area (Å²) in [6.45, 7) is 10.0. The maximum atomic E-state index is 5.38. The minimum Gasteiger partial charge on any atom is -0.475 e. The Morgan fingerprint density at radius 2 is 1.92 bits per heavy atom. The van der Waals surface area contributed by atoms with Gasteiger partial charge in [0.2, 0.25) is 5.88 Å². The average molecular weight is 181 g/mol. The summed E-state index contributed by atoms with van der Waals surface area (Å²) in [5.41, 5.74) is 1.18. The summed E-state index contributed by atoms with van der Waals surface area (Å²) in [6.07, 6.45) is 1.96. The molecule has 0 aliphatic rings. The second kappa shape index (κ2) is 6.46. The zero-order valence-corrected chi connectivity index (χ0v) is 9.16. The van der Waals surface area contributed by atoms with Crippen LogP contribution in [0.1, 0.15) is 33.3 Å². The minimum atomic E-state index is 0.198. The first-order valence-electron chi connectivity index (χ1n) is 4.78. The van der Waals surface area contributed by atoms with E-state index in [4.69, 9.17) is 4.74 Å². The van der Waals surface area contributed by atoms with Gasteiger partial charge in [0, 0.05) is 12.3 Å². The standard InChI is InChI=1S/C9H13NO.C2H6/c1-7(2)11-9-6-8(3)4-5-10-9;1-2/h4-7H,1-3H3;1-2H3. The molecule has 0 unspecified atom stereocenters. The fourth-order valence-electron chi connectivity index (χ4n) is 0.814. The lowest BCUT2D eigenvalue weighted by molar-refractivity contribution is 0.232. The summed E-state index contributed by atoms with van der Waals surface area (Å²) in [4.78, 5) is 4.06. The lowest BCUT2D eigenvalue weighted by Crippen LogP contribution is -2.06. The van der Waals surface area contributed by atoms with Crippen molar-refractivity contribution in [3.63, 3.8) is 0 Å². The minimum absolute atomic E-state index is 0.198. The first-order chi connectivity index (χ1) is 6.18. The Bertz CT molecular complexity index is 233. The second-order valence-corrected chi connectivity index (χ2v) is 2.84. The molecule has 1 rings (SSSR count). The van der Waals surface area contributed by atoms with Gasteiger partial charge in [0.15, 0.2) is 0 Å². The third kappa shape index (κ3) is 5.23. The van der Waals surface area contributed by atoms with E-state index >= 15 is 0 Å². The number of rotatable bonds is 2. The van der Waals surface area contributed by atoms with Crippen molar-refractivity contribution in [2.45, 2.75) is 40.7 Å². The summed E-state index contributed by atoms with van der Waals surface area (Å²) in [5, 5.41) is 0. The van der Waals surface area contributed by atoms with Crippen molar-refractivity contribution >= 4 is 0 Å². The van der Waals surface area contributed by atoms with Crippen LogP contribution < -0.4 is 4.74 Å². The first kappa shape index (κ1) is 11.9. The average Bonchev–Trinajstić information content (AvgIpc) is 2.06. The molecule has 1 aromatic rings. The first-order valence-corrected chi connectivity index (χ1v) is 4.78. The predicted octanol–water partition coefficient (Wildman–Crippen LogP) is 3.20. The highest BCUT2D eigenvalue weighted by atomic mass is 16.5. The third-order valence-corrected chi connectivity index (χ3v) is 1.25. The van der Waals surface area contributed by atoms with Gasteiger partial charge in [-0.15, -0.1) is 0 Å². The van der Waals surface area contributed by atoms with Gasteiger partial charge in [-0.2, -0.15) is 0 Å². The number of ether oxygens (including phenoxy) is 1. The molecule has 0 aliphatic heterocycles. The number of aromatic nitrogens is 1. The van der Waals surface area contributed by atoms with Crippen LogP contribution in [0, 0.1) is 6.92 Å². The summed E-state index contributed by atoms with van der Waals surface area (Å²) in [6, 6.07) is 3.88. The fraction of sp³-hybridized carbons (Fsp3) is 0.545. The van der Waals surface area contributed by atoms with Gasteiger partial charge in [-0.25, -0.2) is 4.98 Å². The van der Waals surface area contributed by atoms with E-state index in [0.717, 1.165) is 0 Å². The molecule has 0 amide bonds. The molecule has 0 N–H and O–H groups in total. The molecular weight excluding hydrogens is 162 g/mol. The van der Waals surface area contributed by atoms with E-state index in [1.807, 2.05) is 46.8 Å². The quantitative estimate of drug-likeness (QED) is 0.699. The zero-order chi connectivity index (χ0) is 10.3. The lowest BCUT2D eigenvalue weighted by Gasteiger charge is -2.07. The Balaban J connectivity index is 0.000000671. The van der Waals surface area contributed by atoms with Crippen molar-refractivity contribution in [2.75, 3.05) is 0 Å². The molecule has 2 nitrogen and oxygen atoms in total. The number of aryl methyl sites for hydroxylation is 1. The van der Waals surface area contributed by atoms with Crippen LogP contribution in [0.25, 0.3) is 0 Å². The van der Waals surface area contributed by atoms with Crippen molar-refractivity contribution in [2.24, 2.45) is 0 Å². The van der Waals surface area contributed by atoms with E-state index in [1.54, 1.807) is 6.20 Å².